The van der Waals surface area contributed by atoms with E-state index in [2.05, 4.69) is 39.6 Å². The van der Waals surface area contributed by atoms with Gasteiger partial charge in [0.15, 0.2) is 5.78 Å². The van der Waals surface area contributed by atoms with Crippen LogP contribution >= 0.6 is 0 Å². The summed E-state index contributed by atoms with van der Waals surface area (Å²) in [4.78, 5) is 20.9. The fourth-order valence-corrected chi connectivity index (χ4v) is 4.91. The van der Waals surface area contributed by atoms with Crippen LogP contribution in [0.2, 0.25) is 0 Å². The van der Waals surface area contributed by atoms with Crippen molar-refractivity contribution >= 4 is 16.8 Å². The lowest BCUT2D eigenvalue weighted by Gasteiger charge is -2.39. The number of imidazole rings is 1. The molecule has 0 amide bonds. The average molecular weight is 331 g/mol. The van der Waals surface area contributed by atoms with Crippen LogP contribution in [0.3, 0.4) is 0 Å². The standard InChI is InChI=1S/C21H21N3O/c25-20(15-5-6-18-19(12-15)24-13-23-18)17-11-14-3-1-2-4-16(14)21(17)7-9-22-10-8-21/h1-6,12-13,17,22H,7-11H2,(H,23,24). The molecule has 1 aliphatic carbocycles. The van der Waals surface area contributed by atoms with Gasteiger partial charge in [0.25, 0.3) is 0 Å². The van der Waals surface area contributed by atoms with Crippen molar-refractivity contribution in [1.29, 1.82) is 0 Å². The van der Waals surface area contributed by atoms with Crippen LogP contribution in [0.1, 0.15) is 34.3 Å². The zero-order valence-electron chi connectivity index (χ0n) is 14.1. The van der Waals surface area contributed by atoms with Crippen LogP contribution in [0, 0.1) is 5.92 Å². The first-order valence-corrected chi connectivity index (χ1v) is 9.04. The van der Waals surface area contributed by atoms with E-state index in [0.717, 1.165) is 48.9 Å². The number of carbonyl (C=O) groups excluding carboxylic acids is 1. The lowest BCUT2D eigenvalue weighted by Crippen LogP contribution is -2.45. The van der Waals surface area contributed by atoms with E-state index in [4.69, 9.17) is 0 Å². The molecule has 1 saturated heterocycles. The molecular weight excluding hydrogens is 310 g/mol. The second kappa shape index (κ2) is 5.53. The number of Topliss-reactive ketones (excluding diaryl/α,β-unsaturated/α-hetero) is 1. The summed E-state index contributed by atoms with van der Waals surface area (Å²) in [5.41, 5.74) is 5.38. The van der Waals surface area contributed by atoms with Crippen LogP contribution < -0.4 is 5.32 Å². The van der Waals surface area contributed by atoms with Crippen molar-refractivity contribution in [2.24, 2.45) is 5.92 Å². The molecule has 4 nitrogen and oxygen atoms in total. The minimum Gasteiger partial charge on any atom is -0.345 e. The molecule has 126 valence electrons. The van der Waals surface area contributed by atoms with Crippen LogP contribution in [-0.4, -0.2) is 28.8 Å². The number of aromatic nitrogens is 2. The number of H-pyrrole nitrogens is 1. The second-order valence-electron chi connectivity index (χ2n) is 7.32. The van der Waals surface area contributed by atoms with Gasteiger partial charge in [0, 0.05) is 16.9 Å². The molecule has 0 radical (unpaired) electrons. The third kappa shape index (κ3) is 2.17. The van der Waals surface area contributed by atoms with E-state index >= 15 is 0 Å². The number of hydrogen-bond acceptors (Lipinski definition) is 3. The highest BCUT2D eigenvalue weighted by Crippen LogP contribution is 2.50. The van der Waals surface area contributed by atoms with Gasteiger partial charge in [-0.2, -0.15) is 0 Å². The van der Waals surface area contributed by atoms with E-state index < -0.39 is 0 Å². The van der Waals surface area contributed by atoms with Gasteiger partial charge in [0.1, 0.15) is 0 Å². The molecule has 1 atom stereocenters. The number of carbonyl (C=O) groups is 1. The maximum atomic E-state index is 13.5. The van der Waals surface area contributed by atoms with Gasteiger partial charge in [-0.3, -0.25) is 4.79 Å². The topological polar surface area (TPSA) is 57.8 Å². The molecular formula is C21H21N3O. The Kier molecular flexibility index (Phi) is 3.28. The highest BCUT2D eigenvalue weighted by atomic mass is 16.1. The highest BCUT2D eigenvalue weighted by molar-refractivity contribution is 6.02. The Labute approximate surface area is 146 Å². The molecule has 1 unspecified atom stereocenters. The first-order chi connectivity index (χ1) is 12.3. The summed E-state index contributed by atoms with van der Waals surface area (Å²) in [5.74, 6) is 0.307. The molecule has 2 aliphatic rings. The lowest BCUT2D eigenvalue weighted by atomic mass is 9.66. The Morgan fingerprint density at radius 1 is 1.12 bits per heavy atom. The normalized spacial score (nSPS) is 21.5. The molecule has 1 aliphatic heterocycles. The largest absolute Gasteiger partial charge is 0.345 e. The summed E-state index contributed by atoms with van der Waals surface area (Å²) in [6.07, 6.45) is 4.61. The number of hydrogen-bond donors (Lipinski definition) is 2. The van der Waals surface area contributed by atoms with Crippen LogP contribution in [0.25, 0.3) is 11.0 Å². The van der Waals surface area contributed by atoms with Crippen LogP contribution in [-0.2, 0) is 11.8 Å². The van der Waals surface area contributed by atoms with Crippen molar-refractivity contribution in [1.82, 2.24) is 15.3 Å². The van der Waals surface area contributed by atoms with Gasteiger partial charge >= 0.3 is 0 Å². The molecule has 1 fully saturated rings. The Bertz CT molecular complexity index is 952. The van der Waals surface area contributed by atoms with Gasteiger partial charge in [-0.05, 0) is 61.7 Å². The third-order valence-corrected chi connectivity index (χ3v) is 6.16. The van der Waals surface area contributed by atoms with E-state index in [0.29, 0.717) is 0 Å². The number of rotatable bonds is 2. The van der Waals surface area contributed by atoms with Crippen molar-refractivity contribution in [3.8, 4) is 0 Å². The molecule has 2 N–H and O–H groups in total. The first kappa shape index (κ1) is 14.8. The maximum absolute atomic E-state index is 13.5. The van der Waals surface area contributed by atoms with Gasteiger partial charge in [0.05, 0.1) is 17.4 Å². The smallest absolute Gasteiger partial charge is 0.167 e. The summed E-state index contributed by atoms with van der Waals surface area (Å²) in [7, 11) is 0. The average Bonchev–Trinajstić information content (AvgIpc) is 3.25. The van der Waals surface area contributed by atoms with E-state index in [1.807, 2.05) is 18.2 Å². The quantitative estimate of drug-likeness (QED) is 0.709. The number of aromatic amines is 1. The van der Waals surface area contributed by atoms with Gasteiger partial charge in [-0.25, -0.2) is 4.98 Å². The summed E-state index contributed by atoms with van der Waals surface area (Å²) in [5, 5.41) is 3.46. The van der Waals surface area contributed by atoms with Crippen molar-refractivity contribution < 1.29 is 4.79 Å². The SMILES string of the molecule is O=C(c1ccc2nc[nH]c2c1)C1Cc2ccccc2C12CCNCC2. The number of nitrogens with zero attached hydrogens (tertiary/aromatic N) is 1. The minimum atomic E-state index is -0.0120. The van der Waals surface area contributed by atoms with Crippen molar-refractivity contribution in [3.05, 3.63) is 65.5 Å². The number of piperidine rings is 1. The molecule has 2 aromatic carbocycles. The van der Waals surface area contributed by atoms with E-state index in [-0.39, 0.29) is 17.1 Å². The number of ketones is 1. The first-order valence-electron chi connectivity index (χ1n) is 9.04. The number of benzene rings is 2. The molecule has 2 heterocycles. The molecule has 0 saturated carbocycles. The molecule has 4 heteroatoms. The molecule has 25 heavy (non-hydrogen) atoms. The summed E-state index contributed by atoms with van der Waals surface area (Å²) in [6, 6.07) is 14.5. The molecule has 1 aromatic heterocycles. The molecule has 3 aromatic rings. The van der Waals surface area contributed by atoms with Crippen molar-refractivity contribution in [2.75, 3.05) is 13.1 Å². The summed E-state index contributed by atoms with van der Waals surface area (Å²) < 4.78 is 0. The van der Waals surface area contributed by atoms with Gasteiger partial charge in [-0.1, -0.05) is 24.3 Å². The second-order valence-corrected chi connectivity index (χ2v) is 7.32. The van der Waals surface area contributed by atoms with Gasteiger partial charge in [-0.15, -0.1) is 0 Å². The van der Waals surface area contributed by atoms with E-state index in [1.54, 1.807) is 6.33 Å². The number of fused-ring (bicyclic) bond motifs is 3. The lowest BCUT2D eigenvalue weighted by molar-refractivity contribution is 0.0829. The Morgan fingerprint density at radius 2 is 1.96 bits per heavy atom. The fraction of sp³-hybridized carbons (Fsp3) is 0.333. The maximum Gasteiger partial charge on any atom is 0.167 e. The van der Waals surface area contributed by atoms with Crippen LogP contribution in [0.4, 0.5) is 0 Å². The van der Waals surface area contributed by atoms with E-state index in [9.17, 15) is 4.79 Å². The number of nitrogens with one attached hydrogen (secondary N) is 2. The molecule has 1 spiro atoms. The predicted octanol–water partition coefficient (Wildman–Crippen LogP) is 3.24. The highest BCUT2D eigenvalue weighted by Gasteiger charge is 2.50. The van der Waals surface area contributed by atoms with Crippen molar-refractivity contribution in [3.63, 3.8) is 0 Å². The zero-order valence-corrected chi connectivity index (χ0v) is 14.1. The summed E-state index contributed by atoms with van der Waals surface area (Å²) >= 11 is 0. The van der Waals surface area contributed by atoms with Crippen LogP contribution in [0.5, 0.6) is 0 Å². The predicted molar refractivity (Wildman–Crippen MR) is 97.8 cm³/mol. The Balaban J connectivity index is 1.59. The van der Waals surface area contributed by atoms with Crippen molar-refractivity contribution in [2.45, 2.75) is 24.7 Å². The Morgan fingerprint density at radius 3 is 2.84 bits per heavy atom. The summed E-state index contributed by atoms with van der Waals surface area (Å²) in [6.45, 7) is 1.97. The minimum absolute atomic E-state index is 0.0120. The van der Waals surface area contributed by atoms with Crippen LogP contribution in [0.15, 0.2) is 48.8 Å². The molecule has 5 rings (SSSR count). The van der Waals surface area contributed by atoms with Gasteiger partial charge < -0.3 is 10.3 Å². The molecule has 0 bridgehead atoms. The monoisotopic (exact) mass is 331 g/mol. The Hall–Kier alpha value is -2.46. The van der Waals surface area contributed by atoms with E-state index in [1.165, 1.54) is 11.1 Å². The zero-order chi connectivity index (χ0) is 16.9. The third-order valence-electron chi connectivity index (χ3n) is 6.16. The van der Waals surface area contributed by atoms with Gasteiger partial charge in [0.2, 0.25) is 0 Å². The fourth-order valence-electron chi connectivity index (χ4n) is 4.91.